The number of aldehydes is 1. The number of carbonyl (C=O) groups excluding carboxylic acids is 1. The van der Waals surface area contributed by atoms with Crippen molar-refractivity contribution in [3.8, 4) is 0 Å². The highest BCUT2D eigenvalue weighted by Crippen LogP contribution is 2.15. The Kier molecular flexibility index (Phi) is 2.81. The molecule has 0 amide bonds. The SMILES string of the molecule is CC=C(C=O)c1ccccc1C. The van der Waals surface area contributed by atoms with Crippen LogP contribution in [-0.2, 0) is 4.79 Å². The summed E-state index contributed by atoms with van der Waals surface area (Å²) in [6, 6.07) is 7.87. The lowest BCUT2D eigenvalue weighted by Gasteiger charge is -2.02. The van der Waals surface area contributed by atoms with Crippen molar-refractivity contribution in [2.24, 2.45) is 0 Å². The first kappa shape index (κ1) is 8.72. The van der Waals surface area contributed by atoms with Gasteiger partial charge in [0.05, 0.1) is 0 Å². The molecule has 0 aliphatic rings. The highest BCUT2D eigenvalue weighted by atomic mass is 16.1. The van der Waals surface area contributed by atoms with E-state index in [0.717, 1.165) is 23.0 Å². The van der Waals surface area contributed by atoms with Crippen LogP contribution < -0.4 is 0 Å². The smallest absolute Gasteiger partial charge is 0.150 e. The molecule has 0 unspecified atom stereocenters. The molecule has 12 heavy (non-hydrogen) atoms. The molecule has 0 spiro atoms. The number of allylic oxidation sites excluding steroid dienone is 2. The Labute approximate surface area is 72.7 Å². The van der Waals surface area contributed by atoms with Gasteiger partial charge in [-0.1, -0.05) is 30.3 Å². The molecular formula is C11H12O. The predicted octanol–water partition coefficient (Wildman–Crippen LogP) is 2.60. The highest BCUT2D eigenvalue weighted by Gasteiger charge is 2.00. The van der Waals surface area contributed by atoms with Gasteiger partial charge in [-0.05, 0) is 25.0 Å². The minimum Gasteiger partial charge on any atom is -0.298 e. The Balaban J connectivity index is 3.18. The highest BCUT2D eigenvalue weighted by molar-refractivity contribution is 6.07. The minimum absolute atomic E-state index is 0.758. The van der Waals surface area contributed by atoms with Crippen LogP contribution in [-0.4, -0.2) is 6.29 Å². The van der Waals surface area contributed by atoms with Crippen LogP contribution in [0.5, 0.6) is 0 Å². The fourth-order valence-electron chi connectivity index (χ4n) is 1.18. The van der Waals surface area contributed by atoms with Crippen molar-refractivity contribution in [2.75, 3.05) is 0 Å². The molecule has 1 nitrogen and oxygen atoms in total. The van der Waals surface area contributed by atoms with E-state index >= 15 is 0 Å². The Morgan fingerprint density at radius 1 is 1.33 bits per heavy atom. The number of hydrogen-bond donors (Lipinski definition) is 0. The summed E-state index contributed by atoms with van der Waals surface area (Å²) in [6.45, 7) is 3.87. The third-order valence-corrected chi connectivity index (χ3v) is 1.89. The lowest BCUT2D eigenvalue weighted by atomic mass is 10.0. The van der Waals surface area contributed by atoms with Crippen LogP contribution in [0.25, 0.3) is 5.57 Å². The van der Waals surface area contributed by atoms with Gasteiger partial charge in [-0.25, -0.2) is 0 Å². The monoisotopic (exact) mass is 160 g/mol. The average Bonchev–Trinajstić information content (AvgIpc) is 2.10. The Morgan fingerprint density at radius 2 is 2.00 bits per heavy atom. The second-order valence-electron chi connectivity index (χ2n) is 2.68. The molecular weight excluding hydrogens is 148 g/mol. The van der Waals surface area contributed by atoms with Gasteiger partial charge in [-0.3, -0.25) is 4.79 Å². The van der Waals surface area contributed by atoms with Crippen molar-refractivity contribution in [3.05, 3.63) is 41.5 Å². The Bertz CT molecular complexity index is 311. The molecule has 0 saturated carbocycles. The van der Waals surface area contributed by atoms with E-state index in [2.05, 4.69) is 0 Å². The summed E-state index contributed by atoms with van der Waals surface area (Å²) in [5.74, 6) is 0. The molecule has 0 saturated heterocycles. The van der Waals surface area contributed by atoms with E-state index < -0.39 is 0 Å². The van der Waals surface area contributed by atoms with Gasteiger partial charge >= 0.3 is 0 Å². The molecule has 0 fully saturated rings. The molecule has 62 valence electrons. The number of aryl methyl sites for hydroxylation is 1. The van der Waals surface area contributed by atoms with E-state index in [1.807, 2.05) is 44.2 Å². The Morgan fingerprint density at radius 3 is 2.50 bits per heavy atom. The maximum atomic E-state index is 10.6. The molecule has 0 aliphatic carbocycles. The summed E-state index contributed by atoms with van der Waals surface area (Å²) in [5, 5.41) is 0. The van der Waals surface area contributed by atoms with Gasteiger partial charge in [0.25, 0.3) is 0 Å². The quantitative estimate of drug-likeness (QED) is 0.480. The first-order valence-corrected chi connectivity index (χ1v) is 3.97. The summed E-state index contributed by atoms with van der Waals surface area (Å²) in [4.78, 5) is 10.6. The van der Waals surface area contributed by atoms with Crippen molar-refractivity contribution in [1.82, 2.24) is 0 Å². The topological polar surface area (TPSA) is 17.1 Å². The van der Waals surface area contributed by atoms with Gasteiger partial charge in [0, 0.05) is 5.57 Å². The number of hydrogen-bond acceptors (Lipinski definition) is 1. The van der Waals surface area contributed by atoms with Gasteiger partial charge in [0.1, 0.15) is 6.29 Å². The maximum absolute atomic E-state index is 10.6. The zero-order chi connectivity index (χ0) is 8.97. The van der Waals surface area contributed by atoms with E-state index in [1.165, 1.54) is 0 Å². The first-order chi connectivity index (χ1) is 5.79. The fraction of sp³-hybridized carbons (Fsp3) is 0.182. The van der Waals surface area contributed by atoms with Crippen LogP contribution in [0.4, 0.5) is 0 Å². The molecule has 0 aromatic heterocycles. The van der Waals surface area contributed by atoms with Crippen molar-refractivity contribution in [3.63, 3.8) is 0 Å². The van der Waals surface area contributed by atoms with Crippen molar-refractivity contribution in [2.45, 2.75) is 13.8 Å². The third kappa shape index (κ3) is 1.62. The third-order valence-electron chi connectivity index (χ3n) is 1.89. The number of rotatable bonds is 2. The molecule has 1 heteroatoms. The maximum Gasteiger partial charge on any atom is 0.150 e. The molecule has 0 atom stereocenters. The van der Waals surface area contributed by atoms with Gasteiger partial charge in [-0.2, -0.15) is 0 Å². The first-order valence-electron chi connectivity index (χ1n) is 3.97. The molecule has 0 N–H and O–H groups in total. The molecule has 1 aromatic rings. The molecule has 0 heterocycles. The van der Waals surface area contributed by atoms with Gasteiger partial charge in [0.15, 0.2) is 0 Å². The van der Waals surface area contributed by atoms with Gasteiger partial charge in [-0.15, -0.1) is 0 Å². The molecule has 0 aliphatic heterocycles. The Hall–Kier alpha value is -1.37. The average molecular weight is 160 g/mol. The number of benzene rings is 1. The summed E-state index contributed by atoms with van der Waals surface area (Å²) in [7, 11) is 0. The largest absolute Gasteiger partial charge is 0.298 e. The lowest BCUT2D eigenvalue weighted by Crippen LogP contribution is -1.88. The van der Waals surface area contributed by atoms with E-state index in [0.29, 0.717) is 0 Å². The minimum atomic E-state index is 0.758. The van der Waals surface area contributed by atoms with Crippen molar-refractivity contribution >= 4 is 11.9 Å². The normalized spacial score (nSPS) is 11.3. The van der Waals surface area contributed by atoms with Crippen LogP contribution in [0.1, 0.15) is 18.1 Å². The second kappa shape index (κ2) is 3.86. The zero-order valence-corrected chi connectivity index (χ0v) is 7.37. The molecule has 1 aromatic carbocycles. The van der Waals surface area contributed by atoms with E-state index in [1.54, 1.807) is 0 Å². The van der Waals surface area contributed by atoms with E-state index in [9.17, 15) is 4.79 Å². The van der Waals surface area contributed by atoms with Crippen molar-refractivity contribution in [1.29, 1.82) is 0 Å². The fourth-order valence-corrected chi connectivity index (χ4v) is 1.18. The van der Waals surface area contributed by atoms with Crippen LogP contribution >= 0.6 is 0 Å². The lowest BCUT2D eigenvalue weighted by molar-refractivity contribution is -0.103. The second-order valence-corrected chi connectivity index (χ2v) is 2.68. The molecule has 0 radical (unpaired) electrons. The van der Waals surface area contributed by atoms with Crippen LogP contribution in [0.3, 0.4) is 0 Å². The molecule has 0 bridgehead atoms. The number of carbonyl (C=O) groups is 1. The van der Waals surface area contributed by atoms with E-state index in [-0.39, 0.29) is 0 Å². The van der Waals surface area contributed by atoms with Crippen LogP contribution in [0, 0.1) is 6.92 Å². The van der Waals surface area contributed by atoms with Crippen molar-refractivity contribution < 1.29 is 4.79 Å². The molecule has 1 rings (SSSR count). The predicted molar refractivity (Wildman–Crippen MR) is 50.9 cm³/mol. The summed E-state index contributed by atoms with van der Waals surface area (Å²) in [6.07, 6.45) is 2.72. The van der Waals surface area contributed by atoms with Crippen LogP contribution in [0.2, 0.25) is 0 Å². The van der Waals surface area contributed by atoms with Gasteiger partial charge in [0.2, 0.25) is 0 Å². The van der Waals surface area contributed by atoms with Gasteiger partial charge < -0.3 is 0 Å². The summed E-state index contributed by atoms with van der Waals surface area (Å²) in [5.41, 5.74) is 2.92. The summed E-state index contributed by atoms with van der Waals surface area (Å²) < 4.78 is 0. The zero-order valence-electron chi connectivity index (χ0n) is 7.37. The van der Waals surface area contributed by atoms with E-state index in [4.69, 9.17) is 0 Å². The van der Waals surface area contributed by atoms with Crippen LogP contribution in [0.15, 0.2) is 30.3 Å². The standard InChI is InChI=1S/C11H12O/c1-3-10(8-12)11-7-5-4-6-9(11)2/h3-8H,1-2H3. The summed E-state index contributed by atoms with van der Waals surface area (Å²) >= 11 is 0.